The molecule has 0 aromatic heterocycles. The fourth-order valence-corrected chi connectivity index (χ4v) is 3.53. The Morgan fingerprint density at radius 2 is 2.12 bits per heavy atom. The Labute approximate surface area is 114 Å². The van der Waals surface area contributed by atoms with E-state index in [0.717, 1.165) is 23.3 Å². The van der Waals surface area contributed by atoms with E-state index in [1.54, 1.807) is 7.11 Å². The van der Waals surface area contributed by atoms with Crippen LogP contribution in [0.2, 0.25) is 0 Å². The Morgan fingerprint density at radius 3 is 2.62 bits per heavy atom. The predicted octanol–water partition coefficient (Wildman–Crippen LogP) is -2.02. The summed E-state index contributed by atoms with van der Waals surface area (Å²) in [6, 6.07) is 0. The number of methoxy groups -OCH3 is 1. The molecule has 92 valence electrons. The van der Waals surface area contributed by atoms with Gasteiger partial charge >= 0.3 is 0 Å². The monoisotopic (exact) mass is 338 g/mol. The van der Waals surface area contributed by atoms with E-state index in [1.807, 2.05) is 0 Å². The van der Waals surface area contributed by atoms with Gasteiger partial charge in [-0.15, -0.1) is 0 Å². The summed E-state index contributed by atoms with van der Waals surface area (Å²) in [5.41, 5.74) is -0.0312. The molecule has 4 heterocycles. The normalized spacial score (nSPS) is 44.9. The number of ether oxygens (including phenoxy) is 1. The number of rotatable bonds is 0. The molecule has 0 radical (unpaired) electrons. The number of oxime groups is 1. The van der Waals surface area contributed by atoms with Crippen molar-refractivity contribution in [2.45, 2.75) is 24.9 Å². The zero-order chi connectivity index (χ0) is 10.5. The van der Waals surface area contributed by atoms with Crippen LogP contribution >= 0.6 is 0 Å². The van der Waals surface area contributed by atoms with E-state index < -0.39 is 0 Å². The lowest BCUT2D eigenvalue weighted by Crippen LogP contribution is -3.00. The summed E-state index contributed by atoms with van der Waals surface area (Å²) >= 11 is 0. The van der Waals surface area contributed by atoms with E-state index in [-0.39, 0.29) is 29.6 Å². The standard InChI is InChI=1S/C11H19N2O2.HI/c1-13-5-3-9(4-6-13)11(8-13)7-10(14-2)12-15-11;/h9H,3-8H2,1-2H3;1H/q+1;/p-1. The van der Waals surface area contributed by atoms with Gasteiger partial charge in [0.05, 0.1) is 33.7 Å². The second-order valence-electron chi connectivity index (χ2n) is 5.52. The van der Waals surface area contributed by atoms with Crippen LogP contribution in [0.15, 0.2) is 5.16 Å². The molecule has 4 nitrogen and oxygen atoms in total. The maximum absolute atomic E-state index is 5.73. The van der Waals surface area contributed by atoms with Gasteiger partial charge in [0.25, 0.3) is 0 Å². The van der Waals surface area contributed by atoms with Crippen LogP contribution in [0.3, 0.4) is 0 Å². The predicted molar refractivity (Wildman–Crippen MR) is 56.4 cm³/mol. The number of hydrogen-bond donors (Lipinski definition) is 0. The molecule has 0 aromatic rings. The van der Waals surface area contributed by atoms with E-state index in [0.29, 0.717) is 5.92 Å². The Balaban J connectivity index is 0.000000963. The number of halogens is 1. The van der Waals surface area contributed by atoms with Crippen LogP contribution in [0.1, 0.15) is 19.3 Å². The first-order chi connectivity index (χ1) is 7.16. The molecule has 3 fully saturated rings. The van der Waals surface area contributed by atoms with Crippen molar-refractivity contribution in [1.29, 1.82) is 0 Å². The second-order valence-corrected chi connectivity index (χ2v) is 5.52. The first-order valence-corrected chi connectivity index (χ1v) is 5.78. The molecule has 1 spiro atoms. The van der Waals surface area contributed by atoms with Crippen LogP contribution in [0.25, 0.3) is 0 Å². The summed E-state index contributed by atoms with van der Waals surface area (Å²) in [6.45, 7) is 3.71. The fourth-order valence-electron chi connectivity index (χ4n) is 3.53. The van der Waals surface area contributed by atoms with Crippen molar-refractivity contribution >= 4 is 5.90 Å². The molecule has 0 amide bonds. The van der Waals surface area contributed by atoms with Crippen molar-refractivity contribution in [2.75, 3.05) is 33.8 Å². The van der Waals surface area contributed by atoms with Gasteiger partial charge in [-0.05, 0) is 0 Å². The van der Waals surface area contributed by atoms with Crippen LogP contribution in [-0.4, -0.2) is 49.8 Å². The smallest absolute Gasteiger partial charge is 0.229 e. The van der Waals surface area contributed by atoms with Crippen LogP contribution in [0.5, 0.6) is 0 Å². The Hall–Kier alpha value is -0.0400. The van der Waals surface area contributed by atoms with Gasteiger partial charge in [0, 0.05) is 18.8 Å². The minimum Gasteiger partial charge on any atom is -1.00 e. The zero-order valence-corrected chi connectivity index (χ0v) is 12.1. The van der Waals surface area contributed by atoms with E-state index in [2.05, 4.69) is 12.2 Å². The summed E-state index contributed by atoms with van der Waals surface area (Å²) in [7, 11) is 4.02. The van der Waals surface area contributed by atoms with Gasteiger partial charge in [-0.25, -0.2) is 0 Å². The van der Waals surface area contributed by atoms with Gasteiger partial charge in [-0.3, -0.25) is 0 Å². The number of nitrogens with zero attached hydrogens (tertiary/aromatic N) is 2. The maximum Gasteiger partial charge on any atom is 0.229 e. The molecular formula is C11H19IN2O2. The summed E-state index contributed by atoms with van der Waals surface area (Å²) in [5, 5.41) is 4.07. The minimum atomic E-state index is -0.0312. The molecule has 3 saturated heterocycles. The molecule has 5 heteroatoms. The van der Waals surface area contributed by atoms with Crippen molar-refractivity contribution < 1.29 is 38.0 Å². The molecule has 1 atom stereocenters. The average molecular weight is 338 g/mol. The van der Waals surface area contributed by atoms with Crippen LogP contribution in [0.4, 0.5) is 0 Å². The van der Waals surface area contributed by atoms with Crippen molar-refractivity contribution in [1.82, 2.24) is 0 Å². The molecular weight excluding hydrogens is 319 g/mol. The maximum atomic E-state index is 5.73. The SMILES string of the molecule is COC1=NOC2(C1)C[N+]1(C)CCC2CC1.[I-]. The summed E-state index contributed by atoms with van der Waals surface area (Å²) in [6.07, 6.45) is 3.44. The highest BCUT2D eigenvalue weighted by atomic mass is 127. The summed E-state index contributed by atoms with van der Waals surface area (Å²) in [4.78, 5) is 5.73. The van der Waals surface area contributed by atoms with Gasteiger partial charge < -0.3 is 38.0 Å². The second kappa shape index (κ2) is 4.01. The van der Waals surface area contributed by atoms with Gasteiger partial charge in [-0.1, -0.05) is 5.16 Å². The van der Waals surface area contributed by atoms with Crippen LogP contribution in [-0.2, 0) is 9.57 Å². The molecule has 0 saturated carbocycles. The Bertz CT molecular complexity index is 313. The number of hydrogen-bond acceptors (Lipinski definition) is 3. The molecule has 1 unspecified atom stereocenters. The van der Waals surface area contributed by atoms with Crippen LogP contribution < -0.4 is 24.0 Å². The van der Waals surface area contributed by atoms with E-state index in [4.69, 9.17) is 9.57 Å². The molecule has 0 aromatic carbocycles. The largest absolute Gasteiger partial charge is 1.00 e. The molecule has 4 aliphatic rings. The van der Waals surface area contributed by atoms with Gasteiger partial charge in [0.2, 0.25) is 5.90 Å². The third-order valence-electron chi connectivity index (χ3n) is 4.44. The van der Waals surface area contributed by atoms with E-state index >= 15 is 0 Å². The van der Waals surface area contributed by atoms with Crippen molar-refractivity contribution in [3.63, 3.8) is 0 Å². The van der Waals surface area contributed by atoms with Crippen molar-refractivity contribution in [3.8, 4) is 0 Å². The Kier molecular flexibility index (Phi) is 3.11. The summed E-state index contributed by atoms with van der Waals surface area (Å²) in [5.74, 6) is 1.46. The fraction of sp³-hybridized carbons (Fsp3) is 0.909. The lowest BCUT2D eigenvalue weighted by Gasteiger charge is -2.53. The number of quaternary nitrogens is 1. The van der Waals surface area contributed by atoms with Gasteiger partial charge in [-0.2, -0.15) is 0 Å². The molecule has 0 N–H and O–H groups in total. The van der Waals surface area contributed by atoms with E-state index in [1.165, 1.54) is 25.9 Å². The number of fused-ring (bicyclic) bond motifs is 2. The van der Waals surface area contributed by atoms with Gasteiger partial charge in [0.15, 0.2) is 5.60 Å². The molecule has 0 aliphatic carbocycles. The molecule has 16 heavy (non-hydrogen) atoms. The third kappa shape index (κ3) is 1.72. The van der Waals surface area contributed by atoms with Crippen molar-refractivity contribution in [2.24, 2.45) is 11.1 Å². The molecule has 2 bridgehead atoms. The quantitative estimate of drug-likeness (QED) is 0.377. The zero-order valence-electron chi connectivity index (χ0n) is 9.91. The first kappa shape index (κ1) is 12.4. The minimum absolute atomic E-state index is 0. The highest BCUT2D eigenvalue weighted by molar-refractivity contribution is 5.78. The van der Waals surface area contributed by atoms with Crippen molar-refractivity contribution in [3.05, 3.63) is 0 Å². The molecule has 4 aliphatic heterocycles. The third-order valence-corrected chi connectivity index (χ3v) is 4.44. The first-order valence-electron chi connectivity index (χ1n) is 5.78. The van der Waals surface area contributed by atoms with Crippen LogP contribution in [0, 0.1) is 5.92 Å². The highest BCUT2D eigenvalue weighted by Gasteiger charge is 2.58. The van der Waals surface area contributed by atoms with Gasteiger partial charge in [0.1, 0.15) is 6.54 Å². The number of piperidine rings is 3. The Morgan fingerprint density at radius 1 is 1.44 bits per heavy atom. The average Bonchev–Trinajstić information content (AvgIpc) is 2.62. The summed E-state index contributed by atoms with van der Waals surface area (Å²) < 4.78 is 6.35. The van der Waals surface area contributed by atoms with E-state index in [9.17, 15) is 0 Å². The molecule has 4 rings (SSSR count). The lowest BCUT2D eigenvalue weighted by molar-refractivity contribution is -0.933. The lowest BCUT2D eigenvalue weighted by atomic mass is 9.72. The number of likely N-dealkylation sites (N-methyl/N-ethyl adjacent to an activating group) is 1. The highest BCUT2D eigenvalue weighted by Crippen LogP contribution is 2.45. The topological polar surface area (TPSA) is 30.8 Å².